The molecule has 3 fully saturated rings. The molecular formula is C21H26N2O3. The van der Waals surface area contributed by atoms with Crippen LogP contribution in [-0.2, 0) is 9.59 Å². The van der Waals surface area contributed by atoms with Crippen molar-refractivity contribution in [1.82, 2.24) is 9.80 Å². The molecule has 3 aliphatic rings. The first-order valence-electron chi connectivity index (χ1n) is 9.45. The topological polar surface area (TPSA) is 60.9 Å². The number of carboxylic acid groups (broad SMARTS) is 1. The van der Waals surface area contributed by atoms with Gasteiger partial charge >= 0.3 is 5.97 Å². The Morgan fingerprint density at radius 3 is 2.54 bits per heavy atom. The lowest BCUT2D eigenvalue weighted by Gasteiger charge is -2.25. The van der Waals surface area contributed by atoms with E-state index in [0.717, 1.165) is 25.9 Å². The molecule has 2 atom stereocenters. The van der Waals surface area contributed by atoms with Gasteiger partial charge in [0, 0.05) is 44.6 Å². The lowest BCUT2D eigenvalue weighted by Crippen LogP contribution is -2.42. The average Bonchev–Trinajstić information content (AvgIpc) is 3.30. The number of benzene rings is 1. The van der Waals surface area contributed by atoms with Crippen molar-refractivity contribution in [3.63, 3.8) is 0 Å². The van der Waals surface area contributed by atoms with Crippen molar-refractivity contribution in [1.29, 1.82) is 0 Å². The van der Waals surface area contributed by atoms with Crippen LogP contribution in [0.5, 0.6) is 0 Å². The Labute approximate surface area is 154 Å². The van der Waals surface area contributed by atoms with E-state index in [-0.39, 0.29) is 17.7 Å². The van der Waals surface area contributed by atoms with Gasteiger partial charge in [-0.05, 0) is 25.3 Å². The van der Waals surface area contributed by atoms with Crippen molar-refractivity contribution < 1.29 is 14.7 Å². The van der Waals surface area contributed by atoms with Crippen LogP contribution >= 0.6 is 0 Å². The van der Waals surface area contributed by atoms with Crippen molar-refractivity contribution in [2.24, 2.45) is 17.3 Å². The van der Waals surface area contributed by atoms with E-state index >= 15 is 0 Å². The van der Waals surface area contributed by atoms with Crippen LogP contribution in [-0.4, -0.2) is 59.5 Å². The van der Waals surface area contributed by atoms with Gasteiger partial charge in [0.2, 0.25) is 5.91 Å². The summed E-state index contributed by atoms with van der Waals surface area (Å²) in [4.78, 5) is 28.5. The minimum absolute atomic E-state index is 0.0345. The number of amides is 1. The van der Waals surface area contributed by atoms with Crippen molar-refractivity contribution in [2.75, 3.05) is 32.7 Å². The summed E-state index contributed by atoms with van der Waals surface area (Å²) in [7, 11) is 0. The van der Waals surface area contributed by atoms with Crippen LogP contribution < -0.4 is 0 Å². The largest absolute Gasteiger partial charge is 0.481 e. The molecule has 1 aromatic carbocycles. The standard InChI is InChI=1S/C21H26N2O3/c1-15(9-16-5-3-2-4-6-16)10-22-11-18-12-23(19(24)17-7-8-17)14-21(18,13-22)20(25)26/h2-6,9,17-18H,7-8,10-14H2,1H3,(H,25,26)/b15-9+/t18-,21-/m1/s1. The Morgan fingerprint density at radius 2 is 1.92 bits per heavy atom. The molecule has 5 heteroatoms. The molecule has 2 aliphatic heterocycles. The summed E-state index contributed by atoms with van der Waals surface area (Å²) < 4.78 is 0. The highest BCUT2D eigenvalue weighted by atomic mass is 16.4. The van der Waals surface area contributed by atoms with Crippen molar-refractivity contribution in [3.05, 3.63) is 41.5 Å². The predicted octanol–water partition coefficient (Wildman–Crippen LogP) is 2.34. The summed E-state index contributed by atoms with van der Waals surface area (Å²) in [5.41, 5.74) is 1.60. The molecule has 1 N–H and O–H groups in total. The first-order valence-corrected chi connectivity index (χ1v) is 9.45. The van der Waals surface area contributed by atoms with E-state index in [1.54, 1.807) is 0 Å². The minimum Gasteiger partial charge on any atom is -0.481 e. The quantitative estimate of drug-likeness (QED) is 0.882. The van der Waals surface area contributed by atoms with Gasteiger partial charge in [-0.1, -0.05) is 42.0 Å². The third kappa shape index (κ3) is 3.16. The van der Waals surface area contributed by atoms with Gasteiger partial charge < -0.3 is 10.0 Å². The summed E-state index contributed by atoms with van der Waals surface area (Å²) in [6, 6.07) is 10.2. The summed E-state index contributed by atoms with van der Waals surface area (Å²) >= 11 is 0. The highest BCUT2D eigenvalue weighted by molar-refractivity contribution is 5.84. The van der Waals surface area contributed by atoms with Crippen molar-refractivity contribution in [3.8, 4) is 0 Å². The number of carboxylic acids is 1. The van der Waals surface area contributed by atoms with Crippen LogP contribution in [0.25, 0.3) is 6.08 Å². The van der Waals surface area contributed by atoms with Gasteiger partial charge in [0.1, 0.15) is 5.41 Å². The monoisotopic (exact) mass is 354 g/mol. The maximum Gasteiger partial charge on any atom is 0.313 e. The smallest absolute Gasteiger partial charge is 0.313 e. The van der Waals surface area contributed by atoms with Crippen LogP contribution in [0.1, 0.15) is 25.3 Å². The lowest BCUT2D eigenvalue weighted by atomic mass is 9.81. The van der Waals surface area contributed by atoms with Crippen molar-refractivity contribution in [2.45, 2.75) is 19.8 Å². The molecule has 0 unspecified atom stereocenters. The van der Waals surface area contributed by atoms with Crippen LogP contribution in [0.15, 0.2) is 35.9 Å². The summed E-state index contributed by atoms with van der Waals surface area (Å²) in [5.74, 6) is -0.383. The highest BCUT2D eigenvalue weighted by Gasteiger charge is 2.59. The Kier molecular flexibility index (Phi) is 4.35. The second kappa shape index (κ2) is 6.54. The average molecular weight is 354 g/mol. The summed E-state index contributed by atoms with van der Waals surface area (Å²) in [6.45, 7) is 5.12. The van der Waals surface area contributed by atoms with E-state index in [1.165, 1.54) is 11.1 Å². The molecule has 4 rings (SSSR count). The van der Waals surface area contributed by atoms with E-state index < -0.39 is 11.4 Å². The van der Waals surface area contributed by atoms with Gasteiger partial charge in [-0.15, -0.1) is 0 Å². The third-order valence-corrected chi connectivity index (χ3v) is 6.03. The number of likely N-dealkylation sites (tertiary alicyclic amines) is 2. The highest BCUT2D eigenvalue weighted by Crippen LogP contribution is 2.44. The predicted molar refractivity (Wildman–Crippen MR) is 99.4 cm³/mol. The van der Waals surface area contributed by atoms with Gasteiger partial charge in [-0.3, -0.25) is 14.5 Å². The van der Waals surface area contributed by atoms with Gasteiger partial charge in [0.05, 0.1) is 0 Å². The molecule has 1 aliphatic carbocycles. The molecule has 1 amide bonds. The zero-order chi connectivity index (χ0) is 18.3. The van der Waals surface area contributed by atoms with Gasteiger partial charge in [-0.2, -0.15) is 0 Å². The van der Waals surface area contributed by atoms with Gasteiger partial charge in [0.25, 0.3) is 0 Å². The molecule has 2 heterocycles. The molecule has 0 spiro atoms. The zero-order valence-electron chi connectivity index (χ0n) is 15.2. The Bertz CT molecular complexity index is 741. The van der Waals surface area contributed by atoms with E-state index in [0.29, 0.717) is 19.6 Å². The molecule has 0 radical (unpaired) electrons. The fourth-order valence-corrected chi connectivity index (χ4v) is 4.58. The fourth-order valence-electron chi connectivity index (χ4n) is 4.58. The third-order valence-electron chi connectivity index (χ3n) is 6.03. The summed E-state index contributed by atoms with van der Waals surface area (Å²) in [5, 5.41) is 9.94. The minimum atomic E-state index is -0.794. The number of hydrogen-bond donors (Lipinski definition) is 1. The molecule has 0 aromatic heterocycles. The first-order chi connectivity index (χ1) is 12.5. The number of fused-ring (bicyclic) bond motifs is 1. The zero-order valence-corrected chi connectivity index (χ0v) is 15.2. The second-order valence-corrected chi connectivity index (χ2v) is 8.22. The SMILES string of the molecule is C/C(=C\c1ccccc1)CN1C[C@@H]2CN(C(=O)C3CC3)C[C@]2(C(=O)O)C1. The van der Waals surface area contributed by atoms with Crippen LogP contribution in [0, 0.1) is 17.3 Å². The number of aliphatic carboxylic acids is 1. The van der Waals surface area contributed by atoms with Gasteiger partial charge in [0.15, 0.2) is 0 Å². The molecule has 2 saturated heterocycles. The van der Waals surface area contributed by atoms with E-state index in [4.69, 9.17) is 0 Å². The molecule has 5 nitrogen and oxygen atoms in total. The van der Waals surface area contributed by atoms with E-state index in [2.05, 4.69) is 30.0 Å². The maximum absolute atomic E-state index is 12.4. The number of nitrogens with zero attached hydrogens (tertiary/aromatic N) is 2. The number of hydrogen-bond acceptors (Lipinski definition) is 3. The summed E-state index contributed by atoms with van der Waals surface area (Å²) in [6.07, 6.45) is 4.09. The fraction of sp³-hybridized carbons (Fsp3) is 0.524. The second-order valence-electron chi connectivity index (χ2n) is 8.22. The normalized spacial score (nSPS) is 29.0. The molecule has 1 saturated carbocycles. The molecule has 26 heavy (non-hydrogen) atoms. The molecule has 1 aromatic rings. The number of rotatable bonds is 5. The molecular weight excluding hydrogens is 328 g/mol. The molecule has 138 valence electrons. The van der Waals surface area contributed by atoms with Crippen molar-refractivity contribution >= 4 is 18.0 Å². The van der Waals surface area contributed by atoms with Crippen LogP contribution in [0.2, 0.25) is 0 Å². The van der Waals surface area contributed by atoms with E-state index in [9.17, 15) is 14.7 Å². The first kappa shape index (κ1) is 17.3. The lowest BCUT2D eigenvalue weighted by molar-refractivity contribution is -0.149. The Balaban J connectivity index is 1.44. The van der Waals surface area contributed by atoms with Crippen LogP contribution in [0.3, 0.4) is 0 Å². The maximum atomic E-state index is 12.4. The number of carbonyl (C=O) groups excluding carboxylic acids is 1. The Hall–Kier alpha value is -2.14. The van der Waals surface area contributed by atoms with Crippen LogP contribution in [0.4, 0.5) is 0 Å². The Morgan fingerprint density at radius 1 is 1.19 bits per heavy atom. The number of carbonyl (C=O) groups is 2. The van der Waals surface area contributed by atoms with E-state index in [1.807, 2.05) is 23.1 Å². The van der Waals surface area contributed by atoms with Gasteiger partial charge in [-0.25, -0.2) is 0 Å². The molecule has 0 bridgehead atoms.